The molecule has 4 heteroatoms. The Kier molecular flexibility index (Phi) is 4.73. The number of aromatic nitrogens is 1. The SMILES string of the molecule is CNC(Cc1ccc(OC)cc1)Cc1cncs1. The van der Waals surface area contributed by atoms with Crippen molar-refractivity contribution in [2.45, 2.75) is 18.9 Å². The lowest BCUT2D eigenvalue weighted by molar-refractivity contribution is 0.414. The van der Waals surface area contributed by atoms with Gasteiger partial charge in [-0.05, 0) is 37.6 Å². The number of hydrogen-bond donors (Lipinski definition) is 1. The summed E-state index contributed by atoms with van der Waals surface area (Å²) in [7, 11) is 3.70. The van der Waals surface area contributed by atoms with Crippen LogP contribution in [0.5, 0.6) is 5.75 Å². The summed E-state index contributed by atoms with van der Waals surface area (Å²) >= 11 is 1.71. The van der Waals surface area contributed by atoms with Crippen LogP contribution < -0.4 is 10.1 Å². The van der Waals surface area contributed by atoms with E-state index in [1.54, 1.807) is 18.4 Å². The van der Waals surface area contributed by atoms with E-state index in [1.807, 2.05) is 30.9 Å². The van der Waals surface area contributed by atoms with Gasteiger partial charge in [0.15, 0.2) is 0 Å². The first-order valence-corrected chi connectivity index (χ1v) is 6.87. The minimum atomic E-state index is 0.443. The highest BCUT2D eigenvalue weighted by Gasteiger charge is 2.09. The van der Waals surface area contributed by atoms with Crippen molar-refractivity contribution in [2.75, 3.05) is 14.2 Å². The number of nitrogens with zero attached hydrogens (tertiary/aromatic N) is 1. The molecule has 0 bridgehead atoms. The van der Waals surface area contributed by atoms with Crippen LogP contribution in [-0.4, -0.2) is 25.2 Å². The predicted molar refractivity (Wildman–Crippen MR) is 75.4 cm³/mol. The Morgan fingerprint density at radius 1 is 1.28 bits per heavy atom. The van der Waals surface area contributed by atoms with Crippen LogP contribution in [0.1, 0.15) is 10.4 Å². The first kappa shape index (κ1) is 13.1. The quantitative estimate of drug-likeness (QED) is 0.868. The molecule has 1 atom stereocenters. The molecule has 0 aliphatic heterocycles. The van der Waals surface area contributed by atoms with Gasteiger partial charge in [0.05, 0.1) is 12.6 Å². The molecule has 1 aromatic carbocycles. The third-order valence-corrected chi connectivity index (χ3v) is 3.78. The zero-order chi connectivity index (χ0) is 12.8. The number of ether oxygens (including phenoxy) is 1. The lowest BCUT2D eigenvalue weighted by atomic mass is 10.0. The van der Waals surface area contributed by atoms with Crippen LogP contribution in [0.2, 0.25) is 0 Å². The van der Waals surface area contributed by atoms with Crippen LogP contribution >= 0.6 is 11.3 Å². The molecule has 18 heavy (non-hydrogen) atoms. The molecule has 1 N–H and O–H groups in total. The number of nitrogens with one attached hydrogen (secondary N) is 1. The Bertz CT molecular complexity index is 453. The molecule has 1 unspecified atom stereocenters. The predicted octanol–water partition coefficient (Wildman–Crippen LogP) is 2.52. The van der Waals surface area contributed by atoms with E-state index in [4.69, 9.17) is 4.74 Å². The lowest BCUT2D eigenvalue weighted by Crippen LogP contribution is -2.29. The molecular weight excluding hydrogens is 244 g/mol. The summed E-state index contributed by atoms with van der Waals surface area (Å²) < 4.78 is 5.16. The maximum atomic E-state index is 5.16. The van der Waals surface area contributed by atoms with Gasteiger partial charge in [0.1, 0.15) is 5.75 Å². The third kappa shape index (κ3) is 3.55. The monoisotopic (exact) mass is 262 g/mol. The molecule has 0 spiro atoms. The fourth-order valence-corrected chi connectivity index (χ4v) is 2.58. The topological polar surface area (TPSA) is 34.1 Å². The molecule has 2 aromatic rings. The van der Waals surface area contributed by atoms with Crippen molar-refractivity contribution in [3.63, 3.8) is 0 Å². The molecule has 0 saturated heterocycles. The summed E-state index contributed by atoms with van der Waals surface area (Å²) in [6.07, 6.45) is 3.98. The van der Waals surface area contributed by atoms with Gasteiger partial charge in [-0.15, -0.1) is 11.3 Å². The van der Waals surface area contributed by atoms with E-state index in [1.165, 1.54) is 10.4 Å². The number of benzene rings is 1. The molecule has 0 aliphatic rings. The van der Waals surface area contributed by atoms with E-state index in [0.717, 1.165) is 18.6 Å². The first-order valence-electron chi connectivity index (χ1n) is 5.99. The number of thiazole rings is 1. The van der Waals surface area contributed by atoms with Gasteiger partial charge in [0.2, 0.25) is 0 Å². The summed E-state index contributed by atoms with van der Waals surface area (Å²) in [4.78, 5) is 5.44. The largest absolute Gasteiger partial charge is 0.497 e. The molecule has 1 aromatic heterocycles. The number of rotatable bonds is 6. The van der Waals surface area contributed by atoms with Gasteiger partial charge in [0, 0.05) is 17.1 Å². The molecule has 0 fully saturated rings. The zero-order valence-corrected chi connectivity index (χ0v) is 11.5. The van der Waals surface area contributed by atoms with Gasteiger partial charge in [-0.3, -0.25) is 4.98 Å². The van der Waals surface area contributed by atoms with Crippen LogP contribution in [0, 0.1) is 0 Å². The average molecular weight is 262 g/mol. The fourth-order valence-electron chi connectivity index (χ4n) is 1.91. The Morgan fingerprint density at radius 2 is 2.06 bits per heavy atom. The van der Waals surface area contributed by atoms with Crippen LogP contribution in [-0.2, 0) is 12.8 Å². The van der Waals surface area contributed by atoms with Gasteiger partial charge in [-0.25, -0.2) is 0 Å². The fraction of sp³-hybridized carbons (Fsp3) is 0.357. The smallest absolute Gasteiger partial charge is 0.118 e. The lowest BCUT2D eigenvalue weighted by Gasteiger charge is -2.15. The minimum absolute atomic E-state index is 0.443. The highest BCUT2D eigenvalue weighted by atomic mass is 32.1. The Balaban J connectivity index is 1.96. The van der Waals surface area contributed by atoms with Crippen LogP contribution in [0.15, 0.2) is 36.0 Å². The Morgan fingerprint density at radius 3 is 2.61 bits per heavy atom. The van der Waals surface area contributed by atoms with Crippen LogP contribution in [0.3, 0.4) is 0 Å². The normalized spacial score (nSPS) is 12.3. The highest BCUT2D eigenvalue weighted by Crippen LogP contribution is 2.15. The summed E-state index contributed by atoms with van der Waals surface area (Å²) in [5.74, 6) is 0.905. The maximum absolute atomic E-state index is 5.16. The molecule has 1 heterocycles. The number of hydrogen-bond acceptors (Lipinski definition) is 4. The van der Waals surface area contributed by atoms with Crippen LogP contribution in [0.4, 0.5) is 0 Å². The third-order valence-electron chi connectivity index (χ3n) is 2.98. The van der Waals surface area contributed by atoms with Gasteiger partial charge >= 0.3 is 0 Å². The van der Waals surface area contributed by atoms with E-state index in [2.05, 4.69) is 22.4 Å². The second-order valence-corrected chi connectivity index (χ2v) is 5.18. The van der Waals surface area contributed by atoms with Crippen molar-refractivity contribution in [3.05, 3.63) is 46.4 Å². The average Bonchev–Trinajstić information content (AvgIpc) is 2.91. The molecule has 0 aliphatic carbocycles. The molecule has 96 valence electrons. The van der Waals surface area contributed by atoms with E-state index < -0.39 is 0 Å². The van der Waals surface area contributed by atoms with Crippen molar-refractivity contribution in [2.24, 2.45) is 0 Å². The highest BCUT2D eigenvalue weighted by molar-refractivity contribution is 7.09. The molecule has 0 radical (unpaired) electrons. The van der Waals surface area contributed by atoms with E-state index in [0.29, 0.717) is 6.04 Å². The van der Waals surface area contributed by atoms with E-state index in [-0.39, 0.29) is 0 Å². The zero-order valence-electron chi connectivity index (χ0n) is 10.7. The summed E-state index contributed by atoms with van der Waals surface area (Å²) in [5, 5.41) is 3.37. The van der Waals surface area contributed by atoms with Gasteiger partial charge in [0.25, 0.3) is 0 Å². The van der Waals surface area contributed by atoms with Crippen LogP contribution in [0.25, 0.3) is 0 Å². The Labute approximate surface area is 112 Å². The second kappa shape index (κ2) is 6.52. The van der Waals surface area contributed by atoms with Gasteiger partial charge in [-0.1, -0.05) is 12.1 Å². The van der Waals surface area contributed by atoms with Crippen molar-refractivity contribution < 1.29 is 4.74 Å². The first-order chi connectivity index (χ1) is 8.81. The van der Waals surface area contributed by atoms with E-state index in [9.17, 15) is 0 Å². The molecule has 0 saturated carbocycles. The summed E-state index contributed by atoms with van der Waals surface area (Å²) in [6.45, 7) is 0. The Hall–Kier alpha value is -1.39. The van der Waals surface area contributed by atoms with Crippen molar-refractivity contribution in [1.29, 1.82) is 0 Å². The molecule has 3 nitrogen and oxygen atoms in total. The standard InChI is InChI=1S/C14H18N2OS/c1-15-12(8-14-9-16-10-18-14)7-11-3-5-13(17-2)6-4-11/h3-6,9-10,12,15H,7-8H2,1-2H3. The molecule has 0 amide bonds. The molecular formula is C14H18N2OS. The summed E-state index contributed by atoms with van der Waals surface area (Å²) in [6, 6.07) is 8.70. The van der Waals surface area contributed by atoms with Gasteiger partial charge in [-0.2, -0.15) is 0 Å². The number of methoxy groups -OCH3 is 1. The molecule has 2 rings (SSSR count). The maximum Gasteiger partial charge on any atom is 0.118 e. The number of likely N-dealkylation sites (N-methyl/N-ethyl adjacent to an activating group) is 1. The second-order valence-electron chi connectivity index (χ2n) is 4.21. The van der Waals surface area contributed by atoms with Crippen molar-refractivity contribution in [1.82, 2.24) is 10.3 Å². The minimum Gasteiger partial charge on any atom is -0.497 e. The van der Waals surface area contributed by atoms with Crippen molar-refractivity contribution >= 4 is 11.3 Å². The van der Waals surface area contributed by atoms with E-state index >= 15 is 0 Å². The summed E-state index contributed by atoms with van der Waals surface area (Å²) in [5.41, 5.74) is 3.20. The van der Waals surface area contributed by atoms with Crippen molar-refractivity contribution in [3.8, 4) is 5.75 Å². The van der Waals surface area contributed by atoms with Gasteiger partial charge < -0.3 is 10.1 Å².